The van der Waals surface area contributed by atoms with Gasteiger partial charge in [-0.05, 0) is 49.3 Å². The monoisotopic (exact) mass is 339 g/mol. The summed E-state index contributed by atoms with van der Waals surface area (Å²) in [5, 5.41) is 0. The number of nitrogens with zero attached hydrogens (tertiary/aromatic N) is 1. The molecule has 2 aromatic rings. The fraction of sp³-hybridized carbons (Fsp3) is 0.429. The lowest BCUT2D eigenvalue weighted by Crippen LogP contribution is -2.44. The largest absolute Gasteiger partial charge is 0.475 e. The first kappa shape index (κ1) is 17.6. The second kappa shape index (κ2) is 8.26. The zero-order valence-electron chi connectivity index (χ0n) is 15.0. The summed E-state index contributed by atoms with van der Waals surface area (Å²) in [4.78, 5) is 2.45. The Balaban J connectivity index is 1.54. The van der Waals surface area contributed by atoms with Gasteiger partial charge in [-0.3, -0.25) is 4.90 Å². The molecule has 2 aromatic carbocycles. The van der Waals surface area contributed by atoms with Crippen LogP contribution in [0.5, 0.6) is 5.75 Å². The quantitative estimate of drug-likeness (QED) is 0.783. The molecular formula is C21H29N3O. The van der Waals surface area contributed by atoms with E-state index in [4.69, 9.17) is 16.2 Å². The van der Waals surface area contributed by atoms with Crippen molar-refractivity contribution < 1.29 is 4.74 Å². The molecule has 1 aliphatic heterocycles. The average molecular weight is 339 g/mol. The zero-order valence-corrected chi connectivity index (χ0v) is 15.0. The maximum Gasteiger partial charge on any atom is 0.152 e. The standard InChI is InChI=1S/C21H29N3O/c1-2-21(25-18-8-9-19(22)20(23)15-18)24-12-10-17(11-13-24)14-16-6-4-3-5-7-16/h3-9,15,17,21H,2,10-14,22-23H2,1H3. The summed E-state index contributed by atoms with van der Waals surface area (Å²) >= 11 is 0. The normalized spacial score (nSPS) is 17.3. The van der Waals surface area contributed by atoms with Crippen molar-refractivity contribution >= 4 is 11.4 Å². The van der Waals surface area contributed by atoms with E-state index in [1.807, 2.05) is 18.2 Å². The molecule has 1 saturated heterocycles. The highest BCUT2D eigenvalue weighted by atomic mass is 16.5. The number of piperidine rings is 1. The minimum absolute atomic E-state index is 0.0979. The molecule has 0 aliphatic carbocycles. The number of rotatable bonds is 6. The number of nitrogen functional groups attached to an aromatic ring is 2. The van der Waals surface area contributed by atoms with Gasteiger partial charge in [-0.15, -0.1) is 0 Å². The van der Waals surface area contributed by atoms with Gasteiger partial charge in [-0.2, -0.15) is 0 Å². The van der Waals surface area contributed by atoms with Gasteiger partial charge in [0.2, 0.25) is 0 Å². The summed E-state index contributed by atoms with van der Waals surface area (Å²) in [5.41, 5.74) is 14.3. The summed E-state index contributed by atoms with van der Waals surface area (Å²) in [7, 11) is 0. The van der Waals surface area contributed by atoms with Crippen LogP contribution in [-0.2, 0) is 6.42 Å². The molecule has 1 fully saturated rings. The van der Waals surface area contributed by atoms with E-state index in [1.54, 1.807) is 0 Å². The highest BCUT2D eigenvalue weighted by Crippen LogP contribution is 2.27. The summed E-state index contributed by atoms with van der Waals surface area (Å²) in [6.07, 6.45) is 4.67. The van der Waals surface area contributed by atoms with Crippen molar-refractivity contribution in [2.75, 3.05) is 24.6 Å². The zero-order chi connectivity index (χ0) is 17.6. The Hall–Kier alpha value is -2.20. The van der Waals surface area contributed by atoms with Gasteiger partial charge in [-0.1, -0.05) is 37.3 Å². The lowest BCUT2D eigenvalue weighted by Gasteiger charge is -2.37. The molecule has 3 rings (SSSR count). The van der Waals surface area contributed by atoms with Gasteiger partial charge in [0, 0.05) is 19.2 Å². The van der Waals surface area contributed by atoms with Crippen LogP contribution in [0.2, 0.25) is 0 Å². The molecule has 0 amide bonds. The van der Waals surface area contributed by atoms with E-state index in [1.165, 1.54) is 24.8 Å². The molecule has 1 aliphatic rings. The second-order valence-corrected chi connectivity index (χ2v) is 6.94. The van der Waals surface area contributed by atoms with Crippen molar-refractivity contribution in [3.05, 3.63) is 54.1 Å². The fourth-order valence-corrected chi connectivity index (χ4v) is 3.59. The number of nitrogens with two attached hydrogens (primary N) is 2. The molecule has 0 saturated carbocycles. The summed E-state index contributed by atoms with van der Waals surface area (Å²) in [5.74, 6) is 1.56. The Bertz CT molecular complexity index is 666. The van der Waals surface area contributed by atoms with Crippen LogP contribution in [0.4, 0.5) is 11.4 Å². The molecule has 1 unspecified atom stereocenters. The van der Waals surface area contributed by atoms with Crippen LogP contribution in [-0.4, -0.2) is 24.2 Å². The van der Waals surface area contributed by atoms with E-state index in [0.717, 1.165) is 31.2 Å². The number of ether oxygens (including phenoxy) is 1. The van der Waals surface area contributed by atoms with Gasteiger partial charge in [0.1, 0.15) is 5.75 Å². The minimum atomic E-state index is 0.0979. The number of hydrogen-bond donors (Lipinski definition) is 2. The van der Waals surface area contributed by atoms with Gasteiger partial charge < -0.3 is 16.2 Å². The van der Waals surface area contributed by atoms with E-state index in [9.17, 15) is 0 Å². The molecule has 0 spiro atoms. The van der Waals surface area contributed by atoms with E-state index < -0.39 is 0 Å². The van der Waals surface area contributed by atoms with Crippen LogP contribution in [0, 0.1) is 5.92 Å². The van der Waals surface area contributed by atoms with Crippen molar-refractivity contribution in [1.29, 1.82) is 0 Å². The molecule has 1 atom stereocenters. The fourth-order valence-electron chi connectivity index (χ4n) is 3.59. The smallest absolute Gasteiger partial charge is 0.152 e. The van der Waals surface area contributed by atoms with Crippen molar-refractivity contribution in [3.63, 3.8) is 0 Å². The number of benzene rings is 2. The van der Waals surface area contributed by atoms with Gasteiger partial charge in [0.15, 0.2) is 6.23 Å². The lowest BCUT2D eigenvalue weighted by molar-refractivity contribution is -0.000109. The van der Waals surface area contributed by atoms with Gasteiger partial charge in [0.25, 0.3) is 0 Å². The molecule has 0 bridgehead atoms. The summed E-state index contributed by atoms with van der Waals surface area (Å²) in [6, 6.07) is 16.3. The minimum Gasteiger partial charge on any atom is -0.475 e. The molecule has 1 heterocycles. The molecule has 0 radical (unpaired) electrons. The Labute approximate surface area is 150 Å². The number of anilines is 2. The summed E-state index contributed by atoms with van der Waals surface area (Å²) < 4.78 is 6.18. The Morgan fingerprint density at radius 3 is 2.40 bits per heavy atom. The first-order valence-electron chi connectivity index (χ1n) is 9.25. The lowest BCUT2D eigenvalue weighted by atomic mass is 9.90. The highest BCUT2D eigenvalue weighted by Gasteiger charge is 2.25. The van der Waals surface area contributed by atoms with Crippen LogP contribution >= 0.6 is 0 Å². The second-order valence-electron chi connectivity index (χ2n) is 6.94. The Morgan fingerprint density at radius 2 is 1.76 bits per heavy atom. The number of hydrogen-bond acceptors (Lipinski definition) is 4. The molecule has 25 heavy (non-hydrogen) atoms. The van der Waals surface area contributed by atoms with Crippen LogP contribution < -0.4 is 16.2 Å². The van der Waals surface area contributed by atoms with E-state index >= 15 is 0 Å². The van der Waals surface area contributed by atoms with Crippen LogP contribution in [0.15, 0.2) is 48.5 Å². The summed E-state index contributed by atoms with van der Waals surface area (Å²) in [6.45, 7) is 4.34. The molecule has 4 N–H and O–H groups in total. The third-order valence-electron chi connectivity index (χ3n) is 5.10. The topological polar surface area (TPSA) is 64.5 Å². The van der Waals surface area contributed by atoms with Crippen LogP contribution in [0.25, 0.3) is 0 Å². The van der Waals surface area contributed by atoms with Crippen LogP contribution in [0.1, 0.15) is 31.7 Å². The van der Waals surface area contributed by atoms with E-state index in [0.29, 0.717) is 11.4 Å². The average Bonchev–Trinajstić information content (AvgIpc) is 2.64. The molecule has 4 heteroatoms. The maximum atomic E-state index is 6.18. The molecule has 134 valence electrons. The highest BCUT2D eigenvalue weighted by molar-refractivity contribution is 5.65. The van der Waals surface area contributed by atoms with E-state index in [2.05, 4.69) is 42.2 Å². The SMILES string of the molecule is CCC(Oc1ccc(N)c(N)c1)N1CCC(Cc2ccccc2)CC1. The molecule has 4 nitrogen and oxygen atoms in total. The van der Waals surface area contributed by atoms with E-state index in [-0.39, 0.29) is 6.23 Å². The van der Waals surface area contributed by atoms with Gasteiger partial charge in [0.05, 0.1) is 11.4 Å². The van der Waals surface area contributed by atoms with Crippen molar-refractivity contribution in [2.45, 2.75) is 38.8 Å². The first-order valence-corrected chi connectivity index (χ1v) is 9.25. The van der Waals surface area contributed by atoms with Crippen LogP contribution in [0.3, 0.4) is 0 Å². The maximum absolute atomic E-state index is 6.18. The third kappa shape index (κ3) is 4.67. The number of likely N-dealkylation sites (tertiary alicyclic amines) is 1. The van der Waals surface area contributed by atoms with Gasteiger partial charge in [-0.25, -0.2) is 0 Å². The van der Waals surface area contributed by atoms with Crippen molar-refractivity contribution in [2.24, 2.45) is 5.92 Å². The van der Waals surface area contributed by atoms with Crippen molar-refractivity contribution in [1.82, 2.24) is 4.90 Å². The van der Waals surface area contributed by atoms with Crippen molar-refractivity contribution in [3.8, 4) is 5.75 Å². The Morgan fingerprint density at radius 1 is 1.04 bits per heavy atom. The molecular weight excluding hydrogens is 310 g/mol. The predicted molar refractivity (Wildman–Crippen MR) is 104 cm³/mol. The first-order chi connectivity index (χ1) is 12.2. The Kier molecular flexibility index (Phi) is 5.82. The predicted octanol–water partition coefficient (Wildman–Crippen LogP) is 3.92. The molecule has 0 aromatic heterocycles. The van der Waals surface area contributed by atoms with Gasteiger partial charge >= 0.3 is 0 Å². The third-order valence-corrected chi connectivity index (χ3v) is 5.10.